The Kier molecular flexibility index (Phi) is 5.91. The molecule has 3 aromatic rings. The van der Waals surface area contributed by atoms with Crippen molar-refractivity contribution in [2.24, 2.45) is 5.10 Å². The van der Waals surface area contributed by atoms with Gasteiger partial charge in [-0.15, -0.1) is 0 Å². The first-order chi connectivity index (χ1) is 15.9. The number of hydrogen-bond acceptors (Lipinski definition) is 7. The fourth-order valence-electron chi connectivity index (χ4n) is 3.64. The first-order valence-electron chi connectivity index (χ1n) is 10.1. The van der Waals surface area contributed by atoms with E-state index in [1.54, 1.807) is 18.2 Å². The van der Waals surface area contributed by atoms with Crippen LogP contribution in [-0.4, -0.2) is 34.3 Å². The molecule has 33 heavy (non-hydrogen) atoms. The van der Waals surface area contributed by atoms with Crippen LogP contribution in [0.25, 0.3) is 0 Å². The number of aryl methyl sites for hydroxylation is 1. The molecule has 9 heteroatoms. The van der Waals surface area contributed by atoms with Gasteiger partial charge in [-0.1, -0.05) is 29.8 Å². The SMILES string of the molecule is COC(=O)c1cc(C#N)c(=O)n(CC(=O)N2N=C(c3ccc(C)cc3)C[C@@H]2c2ccco2)c1. The van der Waals surface area contributed by atoms with Crippen molar-refractivity contribution in [1.82, 2.24) is 9.58 Å². The van der Waals surface area contributed by atoms with Crippen molar-refractivity contribution in [3.05, 3.63) is 93.3 Å². The zero-order valence-corrected chi connectivity index (χ0v) is 18.0. The van der Waals surface area contributed by atoms with Crippen LogP contribution in [0.2, 0.25) is 0 Å². The zero-order valence-electron chi connectivity index (χ0n) is 18.0. The number of aromatic nitrogens is 1. The highest BCUT2D eigenvalue weighted by Crippen LogP contribution is 2.33. The van der Waals surface area contributed by atoms with Gasteiger partial charge in [0.15, 0.2) is 0 Å². The number of carbonyl (C=O) groups is 2. The van der Waals surface area contributed by atoms with Crippen LogP contribution in [-0.2, 0) is 16.1 Å². The van der Waals surface area contributed by atoms with Crippen LogP contribution in [0.15, 0.2) is 69.2 Å². The Morgan fingerprint density at radius 3 is 2.67 bits per heavy atom. The summed E-state index contributed by atoms with van der Waals surface area (Å²) in [6, 6.07) is 13.7. The van der Waals surface area contributed by atoms with Gasteiger partial charge in [0.2, 0.25) is 0 Å². The molecule has 4 rings (SSSR count). The van der Waals surface area contributed by atoms with E-state index >= 15 is 0 Å². The molecular formula is C24H20N4O5. The van der Waals surface area contributed by atoms with Gasteiger partial charge in [-0.3, -0.25) is 9.59 Å². The van der Waals surface area contributed by atoms with Gasteiger partial charge in [0.1, 0.15) is 30.0 Å². The van der Waals surface area contributed by atoms with E-state index in [-0.39, 0.29) is 11.1 Å². The van der Waals surface area contributed by atoms with Gasteiger partial charge in [-0.25, -0.2) is 9.80 Å². The number of furan rings is 1. The number of nitriles is 1. The lowest BCUT2D eigenvalue weighted by Gasteiger charge is -2.20. The van der Waals surface area contributed by atoms with E-state index in [2.05, 4.69) is 9.84 Å². The Labute approximate surface area is 189 Å². The summed E-state index contributed by atoms with van der Waals surface area (Å²) in [6.07, 6.45) is 3.16. The number of hydrogen-bond donors (Lipinski definition) is 0. The number of methoxy groups -OCH3 is 1. The minimum absolute atomic E-state index is 0.00528. The Balaban J connectivity index is 1.69. The highest BCUT2D eigenvalue weighted by Gasteiger charge is 2.35. The Bertz CT molecular complexity index is 1330. The largest absolute Gasteiger partial charge is 0.467 e. The van der Waals surface area contributed by atoms with Crippen molar-refractivity contribution in [2.45, 2.75) is 25.9 Å². The van der Waals surface area contributed by atoms with Gasteiger partial charge in [-0.05, 0) is 30.7 Å². The molecule has 1 amide bonds. The van der Waals surface area contributed by atoms with Crippen LogP contribution in [0, 0.1) is 18.3 Å². The summed E-state index contributed by atoms with van der Waals surface area (Å²) in [7, 11) is 1.19. The van der Waals surface area contributed by atoms with Gasteiger partial charge < -0.3 is 13.7 Å². The summed E-state index contributed by atoms with van der Waals surface area (Å²) < 4.78 is 11.2. The van der Waals surface area contributed by atoms with Crippen LogP contribution < -0.4 is 5.56 Å². The van der Waals surface area contributed by atoms with Gasteiger partial charge in [0, 0.05) is 12.6 Å². The van der Waals surface area contributed by atoms with Crippen molar-refractivity contribution >= 4 is 17.6 Å². The lowest BCUT2D eigenvalue weighted by atomic mass is 10.0. The average molecular weight is 444 g/mol. The number of amides is 1. The van der Waals surface area contributed by atoms with Gasteiger partial charge in [-0.2, -0.15) is 10.4 Å². The number of carbonyl (C=O) groups excluding carboxylic acids is 2. The Hall–Kier alpha value is -4.45. The standard InChI is InChI=1S/C24H20N4O5/c1-15-5-7-16(8-6-15)19-11-20(21-4-3-9-33-21)28(26-19)22(29)14-27-13-18(24(31)32-2)10-17(12-25)23(27)30/h3-10,13,20H,11,14H2,1-2H3/t20-/m1/s1. The third-order valence-corrected chi connectivity index (χ3v) is 5.36. The topological polar surface area (TPSA) is 118 Å². The van der Waals surface area contributed by atoms with Crippen molar-refractivity contribution in [3.63, 3.8) is 0 Å². The van der Waals surface area contributed by atoms with Crippen LogP contribution in [0.1, 0.15) is 45.3 Å². The normalized spacial score (nSPS) is 15.1. The lowest BCUT2D eigenvalue weighted by molar-refractivity contribution is -0.134. The Morgan fingerprint density at radius 1 is 1.27 bits per heavy atom. The molecule has 1 aliphatic rings. The van der Waals surface area contributed by atoms with E-state index < -0.39 is 30.0 Å². The van der Waals surface area contributed by atoms with E-state index in [4.69, 9.17) is 4.42 Å². The smallest absolute Gasteiger partial charge is 0.339 e. The van der Waals surface area contributed by atoms with E-state index in [0.29, 0.717) is 17.9 Å². The minimum Gasteiger partial charge on any atom is -0.467 e. The fraction of sp³-hybridized carbons (Fsp3) is 0.208. The molecule has 2 aromatic heterocycles. The predicted molar refractivity (Wildman–Crippen MR) is 117 cm³/mol. The number of hydrazone groups is 1. The van der Waals surface area contributed by atoms with E-state index in [1.807, 2.05) is 31.2 Å². The fourth-order valence-corrected chi connectivity index (χ4v) is 3.64. The lowest BCUT2D eigenvalue weighted by Crippen LogP contribution is -2.34. The number of nitrogens with zero attached hydrogens (tertiary/aromatic N) is 4. The summed E-state index contributed by atoms with van der Waals surface area (Å²) >= 11 is 0. The van der Waals surface area contributed by atoms with E-state index in [1.165, 1.54) is 24.6 Å². The van der Waals surface area contributed by atoms with Gasteiger partial charge in [0.25, 0.3) is 11.5 Å². The highest BCUT2D eigenvalue weighted by atomic mass is 16.5. The second-order valence-electron chi connectivity index (χ2n) is 7.57. The number of benzene rings is 1. The van der Waals surface area contributed by atoms with E-state index in [9.17, 15) is 19.6 Å². The molecule has 1 aliphatic heterocycles. The molecule has 0 spiro atoms. The predicted octanol–water partition coefficient (Wildman–Crippen LogP) is 2.79. The van der Waals surface area contributed by atoms with Crippen molar-refractivity contribution in [3.8, 4) is 6.07 Å². The van der Waals surface area contributed by atoms with Gasteiger partial charge in [0.05, 0.1) is 24.6 Å². The summed E-state index contributed by atoms with van der Waals surface area (Å²) in [5.74, 6) is -0.656. The van der Waals surface area contributed by atoms with Crippen molar-refractivity contribution < 1.29 is 18.7 Å². The number of esters is 1. The molecule has 0 bridgehead atoms. The van der Waals surface area contributed by atoms with Crippen LogP contribution in [0.5, 0.6) is 0 Å². The summed E-state index contributed by atoms with van der Waals surface area (Å²) in [6.45, 7) is 1.57. The maximum atomic E-state index is 13.3. The molecular weight excluding hydrogens is 424 g/mol. The average Bonchev–Trinajstić information content (AvgIpc) is 3.50. The van der Waals surface area contributed by atoms with E-state index in [0.717, 1.165) is 21.8 Å². The highest BCUT2D eigenvalue weighted by molar-refractivity contribution is 6.03. The second-order valence-corrected chi connectivity index (χ2v) is 7.57. The summed E-state index contributed by atoms with van der Waals surface area (Å²) in [5.41, 5.74) is 1.73. The maximum absolute atomic E-state index is 13.3. The van der Waals surface area contributed by atoms with Crippen LogP contribution in [0.4, 0.5) is 0 Å². The Morgan fingerprint density at radius 2 is 2.03 bits per heavy atom. The molecule has 0 aliphatic carbocycles. The number of pyridine rings is 1. The molecule has 166 valence electrons. The molecule has 0 N–H and O–H groups in total. The first kappa shape index (κ1) is 21.8. The molecule has 0 saturated heterocycles. The maximum Gasteiger partial charge on any atom is 0.339 e. The quantitative estimate of drug-likeness (QED) is 0.559. The molecule has 0 radical (unpaired) electrons. The van der Waals surface area contributed by atoms with Gasteiger partial charge >= 0.3 is 5.97 Å². The third kappa shape index (κ3) is 4.32. The second kappa shape index (κ2) is 8.96. The van der Waals surface area contributed by atoms with Crippen LogP contribution >= 0.6 is 0 Å². The molecule has 0 fully saturated rings. The summed E-state index contributed by atoms with van der Waals surface area (Å²) in [4.78, 5) is 37.8. The molecule has 0 unspecified atom stereocenters. The molecule has 1 aromatic carbocycles. The van der Waals surface area contributed by atoms with Crippen molar-refractivity contribution in [1.29, 1.82) is 5.26 Å². The minimum atomic E-state index is -0.720. The first-order valence-corrected chi connectivity index (χ1v) is 10.1. The third-order valence-electron chi connectivity index (χ3n) is 5.36. The number of rotatable bonds is 5. The van der Waals surface area contributed by atoms with Crippen molar-refractivity contribution in [2.75, 3.05) is 7.11 Å². The van der Waals surface area contributed by atoms with Crippen LogP contribution in [0.3, 0.4) is 0 Å². The molecule has 0 saturated carbocycles. The molecule has 1 atom stereocenters. The number of ether oxygens (including phenoxy) is 1. The molecule has 3 heterocycles. The molecule has 9 nitrogen and oxygen atoms in total. The summed E-state index contributed by atoms with van der Waals surface area (Å²) in [5, 5.41) is 15.1. The zero-order chi connectivity index (χ0) is 23.5. The monoisotopic (exact) mass is 444 g/mol.